The number of hydrogen-bond donors (Lipinski definition) is 0. The van der Waals surface area contributed by atoms with Crippen LogP contribution in [0, 0.1) is 12.7 Å². The Hall–Kier alpha value is -1.75. The van der Waals surface area contributed by atoms with Gasteiger partial charge >= 0.3 is 0 Å². The second-order valence-electron chi connectivity index (χ2n) is 4.74. The molecule has 1 aromatic carbocycles. The molecule has 106 valence electrons. The van der Waals surface area contributed by atoms with Gasteiger partial charge in [0.2, 0.25) is 5.91 Å². The monoisotopic (exact) mass is 292 g/mol. The molecule has 0 N–H and O–H groups in total. The molecule has 2 rings (SSSR count). The summed E-state index contributed by atoms with van der Waals surface area (Å²) < 4.78 is 13.7. The lowest BCUT2D eigenvalue weighted by Gasteiger charge is -2.25. The highest BCUT2D eigenvalue weighted by Gasteiger charge is 2.20. The number of halogens is 1. The van der Waals surface area contributed by atoms with Gasteiger partial charge in [0.1, 0.15) is 5.82 Å². The van der Waals surface area contributed by atoms with Crippen molar-refractivity contribution in [2.24, 2.45) is 0 Å². The van der Waals surface area contributed by atoms with Crippen molar-refractivity contribution in [1.82, 2.24) is 9.88 Å². The van der Waals surface area contributed by atoms with Gasteiger partial charge < -0.3 is 4.90 Å². The van der Waals surface area contributed by atoms with Gasteiger partial charge in [-0.2, -0.15) is 0 Å². The summed E-state index contributed by atoms with van der Waals surface area (Å²) in [7, 11) is 1.69. The number of nitrogens with zero attached hydrogens (tertiary/aromatic N) is 2. The number of thiazole rings is 1. The topological polar surface area (TPSA) is 33.2 Å². The highest BCUT2D eigenvalue weighted by Crippen LogP contribution is 2.22. The van der Waals surface area contributed by atoms with Crippen molar-refractivity contribution in [3.05, 3.63) is 51.7 Å². The van der Waals surface area contributed by atoms with Gasteiger partial charge in [0.05, 0.1) is 23.2 Å². The van der Waals surface area contributed by atoms with Crippen LogP contribution in [0.15, 0.2) is 29.6 Å². The summed E-state index contributed by atoms with van der Waals surface area (Å²) in [5.74, 6) is -0.352. The van der Waals surface area contributed by atoms with Gasteiger partial charge in [0.25, 0.3) is 0 Å². The van der Waals surface area contributed by atoms with Gasteiger partial charge in [0, 0.05) is 18.0 Å². The fourth-order valence-corrected chi connectivity index (χ4v) is 2.62. The van der Waals surface area contributed by atoms with Crippen LogP contribution in [0.2, 0.25) is 0 Å². The van der Waals surface area contributed by atoms with Crippen molar-refractivity contribution in [1.29, 1.82) is 0 Å². The van der Waals surface area contributed by atoms with E-state index in [1.807, 2.05) is 19.2 Å². The summed E-state index contributed by atoms with van der Waals surface area (Å²) in [4.78, 5) is 18.1. The van der Waals surface area contributed by atoms with Crippen LogP contribution in [-0.2, 0) is 11.2 Å². The molecule has 0 radical (unpaired) electrons. The number of aromatic nitrogens is 1. The van der Waals surface area contributed by atoms with E-state index >= 15 is 0 Å². The van der Waals surface area contributed by atoms with Crippen LogP contribution in [0.4, 0.5) is 4.39 Å². The number of likely N-dealkylation sites (N-methyl/N-ethyl adjacent to an activating group) is 1. The summed E-state index contributed by atoms with van der Waals surface area (Å²) in [6.45, 7) is 3.73. The van der Waals surface area contributed by atoms with E-state index in [4.69, 9.17) is 0 Å². The fourth-order valence-electron chi connectivity index (χ4n) is 2.01. The highest BCUT2D eigenvalue weighted by atomic mass is 32.1. The predicted octanol–water partition coefficient (Wildman–Crippen LogP) is 3.35. The average molecular weight is 292 g/mol. The number of aryl methyl sites for hydroxylation is 1. The quantitative estimate of drug-likeness (QED) is 0.866. The summed E-state index contributed by atoms with van der Waals surface area (Å²) in [5, 5.41) is 2.83. The smallest absolute Gasteiger partial charge is 0.228 e. The molecule has 1 atom stereocenters. The van der Waals surface area contributed by atoms with Gasteiger partial charge in [-0.3, -0.25) is 4.79 Å². The number of benzene rings is 1. The first-order valence-electron chi connectivity index (χ1n) is 6.40. The zero-order chi connectivity index (χ0) is 14.7. The van der Waals surface area contributed by atoms with E-state index < -0.39 is 0 Å². The lowest BCUT2D eigenvalue weighted by Crippen LogP contribution is -2.31. The van der Waals surface area contributed by atoms with Gasteiger partial charge in [0.15, 0.2) is 0 Å². The van der Waals surface area contributed by atoms with E-state index in [-0.39, 0.29) is 24.2 Å². The lowest BCUT2D eigenvalue weighted by atomic mass is 10.1. The van der Waals surface area contributed by atoms with E-state index in [0.717, 1.165) is 10.7 Å². The third kappa shape index (κ3) is 3.22. The van der Waals surface area contributed by atoms with Crippen LogP contribution < -0.4 is 0 Å². The number of hydrogen-bond acceptors (Lipinski definition) is 3. The minimum atomic E-state index is -0.302. The Balaban J connectivity index is 2.08. The van der Waals surface area contributed by atoms with Crippen LogP contribution in [0.3, 0.4) is 0 Å². The highest BCUT2D eigenvalue weighted by molar-refractivity contribution is 7.09. The molecule has 0 spiro atoms. The van der Waals surface area contributed by atoms with E-state index in [0.29, 0.717) is 5.56 Å². The molecule has 5 heteroatoms. The maximum atomic E-state index is 13.7. The summed E-state index contributed by atoms with van der Waals surface area (Å²) in [6, 6.07) is 6.23. The van der Waals surface area contributed by atoms with E-state index in [2.05, 4.69) is 4.98 Å². The number of carbonyl (C=O) groups is 1. The molecular formula is C15H17FN2OS. The molecule has 0 saturated heterocycles. The van der Waals surface area contributed by atoms with Crippen molar-refractivity contribution >= 4 is 17.2 Å². The molecule has 0 saturated carbocycles. The second-order valence-corrected chi connectivity index (χ2v) is 5.80. The van der Waals surface area contributed by atoms with Crippen molar-refractivity contribution in [3.8, 4) is 0 Å². The zero-order valence-corrected chi connectivity index (χ0v) is 12.6. The molecule has 0 bridgehead atoms. The summed E-state index contributed by atoms with van der Waals surface area (Å²) in [6.07, 6.45) is 0.250. The maximum absolute atomic E-state index is 13.7. The first-order chi connectivity index (χ1) is 9.49. The molecule has 0 aliphatic rings. The summed E-state index contributed by atoms with van der Waals surface area (Å²) in [5.41, 5.74) is 1.29. The molecule has 1 aromatic heterocycles. The Kier molecular flexibility index (Phi) is 4.49. The molecule has 3 nitrogen and oxygen atoms in total. The molecule has 1 unspecified atom stereocenters. The van der Waals surface area contributed by atoms with Crippen LogP contribution in [0.5, 0.6) is 0 Å². The van der Waals surface area contributed by atoms with Crippen molar-refractivity contribution in [2.45, 2.75) is 26.3 Å². The Morgan fingerprint density at radius 2 is 2.15 bits per heavy atom. The molecular weight excluding hydrogens is 275 g/mol. The molecule has 20 heavy (non-hydrogen) atoms. The predicted molar refractivity (Wildman–Crippen MR) is 78.1 cm³/mol. The minimum Gasteiger partial charge on any atom is -0.339 e. The summed E-state index contributed by atoms with van der Waals surface area (Å²) >= 11 is 1.52. The van der Waals surface area contributed by atoms with E-state index in [1.54, 1.807) is 30.1 Å². The first-order valence-corrected chi connectivity index (χ1v) is 7.28. The first kappa shape index (κ1) is 14.7. The van der Waals surface area contributed by atoms with Crippen LogP contribution in [-0.4, -0.2) is 22.8 Å². The maximum Gasteiger partial charge on any atom is 0.228 e. The van der Waals surface area contributed by atoms with Crippen LogP contribution in [0.25, 0.3) is 0 Å². The molecule has 0 aliphatic carbocycles. The lowest BCUT2D eigenvalue weighted by molar-refractivity contribution is -0.131. The van der Waals surface area contributed by atoms with Crippen molar-refractivity contribution in [3.63, 3.8) is 0 Å². The van der Waals surface area contributed by atoms with E-state index in [1.165, 1.54) is 17.4 Å². The number of amides is 1. The number of rotatable bonds is 4. The molecule has 2 aromatic rings. The zero-order valence-electron chi connectivity index (χ0n) is 11.8. The second kappa shape index (κ2) is 6.13. The largest absolute Gasteiger partial charge is 0.339 e. The number of carbonyl (C=O) groups excluding carboxylic acids is 1. The van der Waals surface area contributed by atoms with Gasteiger partial charge in [-0.15, -0.1) is 11.3 Å². The van der Waals surface area contributed by atoms with Gasteiger partial charge in [-0.1, -0.05) is 18.2 Å². The Morgan fingerprint density at radius 3 is 2.75 bits per heavy atom. The van der Waals surface area contributed by atoms with E-state index in [9.17, 15) is 9.18 Å². The molecule has 1 amide bonds. The molecule has 0 fully saturated rings. The van der Waals surface area contributed by atoms with Crippen molar-refractivity contribution < 1.29 is 9.18 Å². The Labute approximate surface area is 122 Å². The third-order valence-electron chi connectivity index (χ3n) is 3.33. The minimum absolute atomic E-state index is 0.0638. The normalized spacial score (nSPS) is 12.2. The Morgan fingerprint density at radius 1 is 1.45 bits per heavy atom. The Bertz CT molecular complexity index is 611. The molecule has 0 aliphatic heterocycles. The average Bonchev–Trinajstić information content (AvgIpc) is 2.83. The SMILES string of the molecule is Cc1nc(CC(=O)N(C)C(C)c2ccccc2F)cs1. The van der Waals surface area contributed by atoms with Gasteiger partial charge in [-0.25, -0.2) is 9.37 Å². The molecule has 1 heterocycles. The van der Waals surface area contributed by atoms with Crippen molar-refractivity contribution in [2.75, 3.05) is 7.05 Å². The van der Waals surface area contributed by atoms with Crippen LogP contribution in [0.1, 0.15) is 29.2 Å². The van der Waals surface area contributed by atoms with Gasteiger partial charge in [-0.05, 0) is 19.9 Å². The third-order valence-corrected chi connectivity index (χ3v) is 4.15. The standard InChI is InChI=1S/C15H17FN2OS/c1-10(13-6-4-5-7-14(13)16)18(3)15(19)8-12-9-20-11(2)17-12/h4-7,9-10H,8H2,1-3H3. The fraction of sp³-hybridized carbons (Fsp3) is 0.333. The van der Waals surface area contributed by atoms with Crippen LogP contribution >= 0.6 is 11.3 Å².